The van der Waals surface area contributed by atoms with Gasteiger partial charge in [-0.2, -0.15) is 0 Å². The molecular formula is C12H19N3O3. The molecule has 6 nitrogen and oxygen atoms in total. The van der Waals surface area contributed by atoms with Crippen LogP contribution in [0.5, 0.6) is 0 Å². The monoisotopic (exact) mass is 253 g/mol. The molecule has 0 aliphatic heterocycles. The van der Waals surface area contributed by atoms with Crippen molar-refractivity contribution in [3.63, 3.8) is 0 Å². The number of nitrogens with one attached hydrogen (secondary N) is 1. The summed E-state index contributed by atoms with van der Waals surface area (Å²) in [6.07, 6.45) is 1.61. The molecule has 0 radical (unpaired) electrons. The summed E-state index contributed by atoms with van der Waals surface area (Å²) in [5.74, 6) is 0.578. The van der Waals surface area contributed by atoms with E-state index in [2.05, 4.69) is 10.3 Å². The average molecular weight is 253 g/mol. The van der Waals surface area contributed by atoms with Gasteiger partial charge >= 0.3 is 5.69 Å². The van der Waals surface area contributed by atoms with Crippen LogP contribution in [0.4, 0.5) is 11.5 Å². The number of rotatable bonds is 6. The summed E-state index contributed by atoms with van der Waals surface area (Å²) in [5, 5.41) is 14.1. The number of aromatic nitrogens is 1. The Balaban J connectivity index is 2.98. The fourth-order valence-corrected chi connectivity index (χ4v) is 1.56. The van der Waals surface area contributed by atoms with Crippen LogP contribution in [0, 0.1) is 23.0 Å². The van der Waals surface area contributed by atoms with Gasteiger partial charge in [0.05, 0.1) is 17.6 Å². The second-order valence-electron chi connectivity index (χ2n) is 4.59. The molecular weight excluding hydrogens is 234 g/mol. The van der Waals surface area contributed by atoms with Gasteiger partial charge in [0.15, 0.2) is 0 Å². The standard InChI is InChI=1S/C12H19N3O3/c1-8(2)10(7-18-4)14-12-11(15(16)17)5-9(3)6-13-12/h5-6,8,10H,7H2,1-4H3,(H,13,14). The van der Waals surface area contributed by atoms with Gasteiger partial charge in [-0.3, -0.25) is 10.1 Å². The number of anilines is 1. The predicted octanol–water partition coefficient (Wildman–Crippen LogP) is 2.38. The summed E-state index contributed by atoms with van der Waals surface area (Å²) in [6, 6.07) is 1.50. The van der Waals surface area contributed by atoms with Gasteiger partial charge in [-0.05, 0) is 18.4 Å². The van der Waals surface area contributed by atoms with E-state index >= 15 is 0 Å². The van der Waals surface area contributed by atoms with Crippen LogP contribution in [0.2, 0.25) is 0 Å². The number of ether oxygens (including phenoxy) is 1. The van der Waals surface area contributed by atoms with E-state index in [0.717, 1.165) is 5.56 Å². The summed E-state index contributed by atoms with van der Waals surface area (Å²) in [4.78, 5) is 14.6. The molecule has 0 aromatic carbocycles. The number of hydrogen-bond acceptors (Lipinski definition) is 5. The Bertz CT molecular complexity index is 421. The molecule has 0 saturated carbocycles. The van der Waals surface area contributed by atoms with Crippen molar-refractivity contribution in [1.82, 2.24) is 4.98 Å². The lowest BCUT2D eigenvalue weighted by Crippen LogP contribution is -2.31. The van der Waals surface area contributed by atoms with Crippen molar-refractivity contribution >= 4 is 11.5 Å². The largest absolute Gasteiger partial charge is 0.383 e. The van der Waals surface area contributed by atoms with E-state index in [1.807, 2.05) is 13.8 Å². The average Bonchev–Trinajstić information content (AvgIpc) is 2.30. The number of methoxy groups -OCH3 is 1. The van der Waals surface area contributed by atoms with Crippen LogP contribution in [0.25, 0.3) is 0 Å². The van der Waals surface area contributed by atoms with Crippen LogP contribution in [0.3, 0.4) is 0 Å². The Hall–Kier alpha value is -1.69. The van der Waals surface area contributed by atoms with Gasteiger partial charge in [0.25, 0.3) is 0 Å². The molecule has 1 aromatic heterocycles. The minimum atomic E-state index is -0.424. The molecule has 1 N–H and O–H groups in total. The zero-order chi connectivity index (χ0) is 13.7. The third-order valence-electron chi connectivity index (χ3n) is 2.67. The van der Waals surface area contributed by atoms with Crippen LogP contribution in [0.15, 0.2) is 12.3 Å². The first kappa shape index (κ1) is 14.4. The van der Waals surface area contributed by atoms with Crippen LogP contribution in [0.1, 0.15) is 19.4 Å². The van der Waals surface area contributed by atoms with Gasteiger partial charge in [-0.1, -0.05) is 13.8 Å². The first-order chi connectivity index (χ1) is 8.45. The zero-order valence-electron chi connectivity index (χ0n) is 11.1. The molecule has 1 heterocycles. The molecule has 100 valence electrons. The van der Waals surface area contributed by atoms with E-state index in [-0.39, 0.29) is 17.6 Å². The molecule has 18 heavy (non-hydrogen) atoms. The Morgan fingerprint density at radius 2 is 2.22 bits per heavy atom. The molecule has 0 aliphatic rings. The Labute approximate surface area is 107 Å². The summed E-state index contributed by atoms with van der Waals surface area (Å²) < 4.78 is 5.10. The number of aryl methyl sites for hydroxylation is 1. The Morgan fingerprint density at radius 3 is 2.72 bits per heavy atom. The van der Waals surface area contributed by atoms with Gasteiger partial charge < -0.3 is 10.1 Å². The minimum Gasteiger partial charge on any atom is -0.383 e. The summed E-state index contributed by atoms with van der Waals surface area (Å²) in [7, 11) is 1.61. The lowest BCUT2D eigenvalue weighted by molar-refractivity contribution is -0.384. The molecule has 1 atom stereocenters. The fraction of sp³-hybridized carbons (Fsp3) is 0.583. The van der Waals surface area contributed by atoms with Gasteiger partial charge in [0.2, 0.25) is 5.82 Å². The maximum Gasteiger partial charge on any atom is 0.311 e. The van der Waals surface area contributed by atoms with Crippen molar-refractivity contribution in [2.45, 2.75) is 26.8 Å². The van der Waals surface area contributed by atoms with Crippen molar-refractivity contribution in [2.24, 2.45) is 5.92 Å². The summed E-state index contributed by atoms with van der Waals surface area (Å²) >= 11 is 0. The summed E-state index contributed by atoms with van der Waals surface area (Å²) in [5.41, 5.74) is 0.761. The van der Waals surface area contributed by atoms with Gasteiger partial charge in [0.1, 0.15) is 0 Å². The zero-order valence-corrected chi connectivity index (χ0v) is 11.1. The molecule has 0 fully saturated rings. The third kappa shape index (κ3) is 3.66. The first-order valence-electron chi connectivity index (χ1n) is 5.82. The highest BCUT2D eigenvalue weighted by Gasteiger charge is 2.20. The lowest BCUT2D eigenvalue weighted by atomic mass is 10.1. The van der Waals surface area contributed by atoms with E-state index in [1.54, 1.807) is 20.2 Å². The fourth-order valence-electron chi connectivity index (χ4n) is 1.56. The molecule has 6 heteroatoms. The highest BCUT2D eigenvalue weighted by molar-refractivity contribution is 5.57. The first-order valence-corrected chi connectivity index (χ1v) is 5.82. The van der Waals surface area contributed by atoms with E-state index in [0.29, 0.717) is 12.4 Å². The number of nitro groups is 1. The molecule has 1 rings (SSSR count). The van der Waals surface area contributed by atoms with Crippen LogP contribution in [-0.2, 0) is 4.74 Å². The molecule has 1 aromatic rings. The highest BCUT2D eigenvalue weighted by Crippen LogP contribution is 2.24. The molecule has 0 spiro atoms. The van der Waals surface area contributed by atoms with Crippen molar-refractivity contribution in [2.75, 3.05) is 19.0 Å². The molecule has 0 aliphatic carbocycles. The van der Waals surface area contributed by atoms with Crippen molar-refractivity contribution in [3.8, 4) is 0 Å². The van der Waals surface area contributed by atoms with Crippen LogP contribution >= 0.6 is 0 Å². The van der Waals surface area contributed by atoms with Crippen LogP contribution in [-0.4, -0.2) is 29.7 Å². The Morgan fingerprint density at radius 1 is 1.56 bits per heavy atom. The molecule has 0 saturated heterocycles. The van der Waals surface area contributed by atoms with E-state index in [4.69, 9.17) is 4.74 Å². The van der Waals surface area contributed by atoms with E-state index < -0.39 is 4.92 Å². The van der Waals surface area contributed by atoms with Gasteiger partial charge in [-0.15, -0.1) is 0 Å². The number of pyridine rings is 1. The predicted molar refractivity (Wildman–Crippen MR) is 69.8 cm³/mol. The number of nitrogens with zero attached hydrogens (tertiary/aromatic N) is 2. The minimum absolute atomic E-state index is 0.00301. The third-order valence-corrected chi connectivity index (χ3v) is 2.67. The van der Waals surface area contributed by atoms with E-state index in [1.165, 1.54) is 6.07 Å². The normalized spacial score (nSPS) is 12.5. The van der Waals surface area contributed by atoms with Gasteiger partial charge in [0, 0.05) is 19.4 Å². The quantitative estimate of drug-likeness (QED) is 0.622. The number of hydrogen-bond donors (Lipinski definition) is 1. The molecule has 0 bridgehead atoms. The van der Waals surface area contributed by atoms with Crippen LogP contribution < -0.4 is 5.32 Å². The van der Waals surface area contributed by atoms with E-state index in [9.17, 15) is 10.1 Å². The maximum atomic E-state index is 11.0. The molecule has 1 unspecified atom stereocenters. The Kier molecular flexibility index (Phi) is 5.03. The van der Waals surface area contributed by atoms with Crippen molar-refractivity contribution in [1.29, 1.82) is 0 Å². The second-order valence-corrected chi connectivity index (χ2v) is 4.59. The maximum absolute atomic E-state index is 11.0. The van der Waals surface area contributed by atoms with Gasteiger partial charge in [-0.25, -0.2) is 4.98 Å². The van der Waals surface area contributed by atoms with Crippen molar-refractivity contribution in [3.05, 3.63) is 27.9 Å². The highest BCUT2D eigenvalue weighted by atomic mass is 16.6. The summed E-state index contributed by atoms with van der Waals surface area (Å²) in [6.45, 7) is 6.30. The van der Waals surface area contributed by atoms with Crippen molar-refractivity contribution < 1.29 is 9.66 Å². The topological polar surface area (TPSA) is 77.3 Å². The lowest BCUT2D eigenvalue weighted by Gasteiger charge is -2.21. The SMILES string of the molecule is COCC(Nc1ncc(C)cc1[N+](=O)[O-])C(C)C. The second kappa shape index (κ2) is 6.30. The smallest absolute Gasteiger partial charge is 0.311 e. The molecule has 0 amide bonds.